The van der Waals surface area contributed by atoms with Crippen LogP contribution >= 0.6 is 0 Å². The Kier molecular flexibility index (Phi) is 10.9. The molecule has 44 heavy (non-hydrogen) atoms. The average molecular weight is 616 g/mol. The van der Waals surface area contributed by atoms with Gasteiger partial charge in [0, 0.05) is 19.0 Å². The van der Waals surface area contributed by atoms with E-state index >= 15 is 0 Å². The van der Waals surface area contributed by atoms with Crippen LogP contribution < -0.4 is 9.62 Å². The highest BCUT2D eigenvalue weighted by Crippen LogP contribution is 2.25. The Balaban J connectivity index is 1.79. The largest absolute Gasteiger partial charge is 0.352 e. The van der Waals surface area contributed by atoms with E-state index in [-0.39, 0.29) is 35.5 Å². The summed E-state index contributed by atoms with van der Waals surface area (Å²) >= 11 is 0. The molecule has 0 aliphatic carbocycles. The maximum Gasteiger partial charge on any atom is 0.264 e. The fourth-order valence-corrected chi connectivity index (χ4v) is 6.18. The van der Waals surface area contributed by atoms with E-state index in [1.54, 1.807) is 18.2 Å². The monoisotopic (exact) mass is 615 g/mol. The topological polar surface area (TPSA) is 86.8 Å². The van der Waals surface area contributed by atoms with Gasteiger partial charge in [-0.1, -0.05) is 85.3 Å². The molecule has 0 radical (unpaired) electrons. The summed E-state index contributed by atoms with van der Waals surface area (Å²) in [6, 6.07) is 28.7. The Hall–Kier alpha value is -4.50. The summed E-state index contributed by atoms with van der Waals surface area (Å²) in [5.74, 6) is -1.44. The number of benzene rings is 4. The van der Waals surface area contributed by atoms with Gasteiger partial charge in [0.15, 0.2) is 0 Å². The molecule has 0 aromatic heterocycles. The fraction of sp³-hybridized carbons (Fsp3) is 0.257. The molecule has 0 aliphatic heterocycles. The Bertz CT molecular complexity index is 1630. The van der Waals surface area contributed by atoms with Crippen molar-refractivity contribution >= 4 is 27.5 Å². The maximum absolute atomic E-state index is 14.4. The van der Waals surface area contributed by atoms with Crippen LogP contribution in [0.1, 0.15) is 37.0 Å². The summed E-state index contributed by atoms with van der Waals surface area (Å²) in [4.78, 5) is 29.7. The van der Waals surface area contributed by atoms with Crippen molar-refractivity contribution in [3.05, 3.63) is 132 Å². The SMILES string of the molecule is CC[C@H](C)NC(=O)[C@@H](Cc1ccccc1)N(Cc1ccc(C)cc1)C(=O)CN(c1ccc(F)cc1)S(=O)(=O)c1ccccc1. The van der Waals surface area contributed by atoms with Gasteiger partial charge >= 0.3 is 0 Å². The number of nitrogens with one attached hydrogen (secondary N) is 1. The number of anilines is 1. The lowest BCUT2D eigenvalue weighted by molar-refractivity contribution is -0.140. The second-order valence-electron chi connectivity index (χ2n) is 10.8. The van der Waals surface area contributed by atoms with Crippen molar-refractivity contribution in [1.29, 1.82) is 0 Å². The normalized spacial score (nSPS) is 12.6. The van der Waals surface area contributed by atoms with Crippen LogP contribution in [0.2, 0.25) is 0 Å². The number of halogens is 1. The Morgan fingerprint density at radius 2 is 1.41 bits per heavy atom. The minimum atomic E-state index is -4.24. The van der Waals surface area contributed by atoms with Crippen LogP contribution in [0.4, 0.5) is 10.1 Å². The molecule has 0 saturated carbocycles. The van der Waals surface area contributed by atoms with Gasteiger partial charge in [-0.2, -0.15) is 0 Å². The summed E-state index contributed by atoms with van der Waals surface area (Å²) in [5.41, 5.74) is 2.81. The van der Waals surface area contributed by atoms with E-state index in [2.05, 4.69) is 5.32 Å². The molecule has 0 heterocycles. The molecular weight excluding hydrogens is 577 g/mol. The number of carbonyl (C=O) groups is 2. The second kappa shape index (κ2) is 14.8. The van der Waals surface area contributed by atoms with Gasteiger partial charge in [0.1, 0.15) is 18.4 Å². The molecule has 1 N–H and O–H groups in total. The smallest absolute Gasteiger partial charge is 0.264 e. The van der Waals surface area contributed by atoms with E-state index in [0.29, 0.717) is 6.42 Å². The molecule has 9 heteroatoms. The summed E-state index contributed by atoms with van der Waals surface area (Å²) < 4.78 is 42.7. The summed E-state index contributed by atoms with van der Waals surface area (Å²) in [7, 11) is -4.24. The molecule has 0 saturated heterocycles. The second-order valence-corrected chi connectivity index (χ2v) is 12.7. The first-order valence-corrected chi connectivity index (χ1v) is 16.0. The van der Waals surface area contributed by atoms with Crippen LogP contribution in [0.5, 0.6) is 0 Å². The summed E-state index contributed by atoms with van der Waals surface area (Å²) in [6.45, 7) is 5.29. The van der Waals surface area contributed by atoms with Gasteiger partial charge in [0.05, 0.1) is 10.6 Å². The minimum absolute atomic E-state index is 0.0161. The van der Waals surface area contributed by atoms with Crippen LogP contribution in [-0.4, -0.2) is 43.8 Å². The van der Waals surface area contributed by atoms with Crippen molar-refractivity contribution in [1.82, 2.24) is 10.2 Å². The predicted molar refractivity (Wildman–Crippen MR) is 171 cm³/mol. The van der Waals surface area contributed by atoms with Crippen molar-refractivity contribution < 1.29 is 22.4 Å². The molecule has 0 aliphatic rings. The van der Waals surface area contributed by atoms with E-state index in [1.807, 2.05) is 75.4 Å². The molecule has 0 bridgehead atoms. The van der Waals surface area contributed by atoms with Crippen LogP contribution in [0.25, 0.3) is 0 Å². The lowest BCUT2D eigenvalue weighted by Crippen LogP contribution is -2.54. The molecule has 0 unspecified atom stereocenters. The molecule has 4 rings (SSSR count). The maximum atomic E-state index is 14.4. The highest BCUT2D eigenvalue weighted by molar-refractivity contribution is 7.92. The zero-order valence-electron chi connectivity index (χ0n) is 25.2. The van der Waals surface area contributed by atoms with Crippen molar-refractivity contribution in [3.8, 4) is 0 Å². The third-order valence-corrected chi connectivity index (χ3v) is 9.26. The summed E-state index contributed by atoms with van der Waals surface area (Å²) in [6.07, 6.45) is 0.923. The molecular formula is C35H38FN3O4S. The molecule has 4 aromatic carbocycles. The third-order valence-electron chi connectivity index (χ3n) is 7.47. The van der Waals surface area contributed by atoms with Crippen LogP contribution in [0.15, 0.2) is 114 Å². The van der Waals surface area contributed by atoms with Crippen LogP contribution in [0, 0.1) is 12.7 Å². The number of aryl methyl sites for hydroxylation is 1. The lowest BCUT2D eigenvalue weighted by atomic mass is 10.0. The zero-order chi connectivity index (χ0) is 31.7. The van der Waals surface area contributed by atoms with Crippen molar-refractivity contribution in [2.24, 2.45) is 0 Å². The van der Waals surface area contributed by atoms with Crippen LogP contribution in [-0.2, 0) is 32.6 Å². The number of carbonyl (C=O) groups excluding carboxylic acids is 2. The first-order chi connectivity index (χ1) is 21.1. The van der Waals surface area contributed by atoms with Gasteiger partial charge in [-0.05, 0) is 67.8 Å². The fourth-order valence-electron chi connectivity index (χ4n) is 4.74. The quantitative estimate of drug-likeness (QED) is 0.203. The van der Waals surface area contributed by atoms with Gasteiger partial charge in [0.25, 0.3) is 10.0 Å². The van der Waals surface area contributed by atoms with Crippen molar-refractivity contribution in [2.45, 2.75) is 57.1 Å². The Labute approximate surface area is 259 Å². The first-order valence-electron chi connectivity index (χ1n) is 14.6. The van der Waals surface area contributed by atoms with E-state index in [4.69, 9.17) is 0 Å². The van der Waals surface area contributed by atoms with E-state index in [0.717, 1.165) is 33.1 Å². The van der Waals surface area contributed by atoms with Gasteiger partial charge in [0.2, 0.25) is 11.8 Å². The average Bonchev–Trinajstić information content (AvgIpc) is 3.03. The molecule has 7 nitrogen and oxygen atoms in total. The molecule has 2 atom stereocenters. The molecule has 4 aromatic rings. The third kappa shape index (κ3) is 8.32. The van der Waals surface area contributed by atoms with Gasteiger partial charge in [-0.15, -0.1) is 0 Å². The first kappa shape index (κ1) is 32.4. The predicted octanol–water partition coefficient (Wildman–Crippen LogP) is 5.88. The number of hydrogen-bond donors (Lipinski definition) is 1. The van der Waals surface area contributed by atoms with E-state index < -0.39 is 34.3 Å². The van der Waals surface area contributed by atoms with Gasteiger partial charge in [-0.25, -0.2) is 12.8 Å². The van der Waals surface area contributed by atoms with Crippen molar-refractivity contribution in [3.63, 3.8) is 0 Å². The summed E-state index contributed by atoms with van der Waals surface area (Å²) in [5, 5.41) is 3.02. The number of hydrogen-bond acceptors (Lipinski definition) is 4. The number of sulfonamides is 1. The van der Waals surface area contributed by atoms with Crippen LogP contribution in [0.3, 0.4) is 0 Å². The van der Waals surface area contributed by atoms with E-state index in [9.17, 15) is 22.4 Å². The highest BCUT2D eigenvalue weighted by atomic mass is 32.2. The molecule has 0 fully saturated rings. The number of rotatable bonds is 13. The number of nitrogens with zero attached hydrogens (tertiary/aromatic N) is 2. The molecule has 0 spiro atoms. The number of amides is 2. The van der Waals surface area contributed by atoms with Gasteiger partial charge < -0.3 is 10.2 Å². The van der Waals surface area contributed by atoms with Gasteiger partial charge in [-0.3, -0.25) is 13.9 Å². The minimum Gasteiger partial charge on any atom is -0.352 e. The van der Waals surface area contributed by atoms with E-state index in [1.165, 1.54) is 29.2 Å². The Morgan fingerprint density at radius 3 is 2.00 bits per heavy atom. The standard InChI is InChI=1S/C35H38FN3O4S/c1-4-27(3)37-35(41)33(23-28-11-7-5-8-12-28)38(24-29-17-15-26(2)16-18-29)34(40)25-39(31-21-19-30(36)20-22-31)44(42,43)32-13-9-6-10-14-32/h5-22,27,33H,4,23-25H2,1-3H3,(H,37,41)/t27-,33+/m0/s1. The Morgan fingerprint density at radius 1 is 0.818 bits per heavy atom. The molecule has 2 amide bonds. The lowest BCUT2D eigenvalue weighted by Gasteiger charge is -2.34. The van der Waals surface area contributed by atoms with Crippen molar-refractivity contribution in [2.75, 3.05) is 10.8 Å². The zero-order valence-corrected chi connectivity index (χ0v) is 26.0. The molecule has 230 valence electrons. The highest BCUT2D eigenvalue weighted by Gasteiger charge is 2.35.